The van der Waals surface area contributed by atoms with Crippen molar-refractivity contribution in [2.45, 2.75) is 38.3 Å². The number of ether oxygens (including phenoxy) is 2. The number of carbonyl (C=O) groups excluding carboxylic acids is 4. The highest BCUT2D eigenvalue weighted by atomic mass is 16.6. The Kier molecular flexibility index (Phi) is 5.34. The van der Waals surface area contributed by atoms with Gasteiger partial charge < -0.3 is 14.8 Å². The van der Waals surface area contributed by atoms with Crippen molar-refractivity contribution in [3.63, 3.8) is 0 Å². The van der Waals surface area contributed by atoms with E-state index in [2.05, 4.69) is 11.9 Å². The van der Waals surface area contributed by atoms with Gasteiger partial charge in [-0.3, -0.25) is 19.3 Å². The Hall–Kier alpha value is -2.64. The average Bonchev–Trinajstić information content (AvgIpc) is 2.97. The van der Waals surface area contributed by atoms with Gasteiger partial charge in [0.15, 0.2) is 0 Å². The Balaban J connectivity index is 2.03. The van der Waals surface area contributed by atoms with Crippen LogP contribution in [0.25, 0.3) is 0 Å². The highest BCUT2D eigenvalue weighted by Gasteiger charge is 2.64. The topological polar surface area (TPSA) is 102 Å². The zero-order valence-electron chi connectivity index (χ0n) is 15.5. The molecule has 3 aliphatic heterocycles. The van der Waals surface area contributed by atoms with Crippen LogP contribution in [-0.4, -0.2) is 54.6 Å². The molecule has 8 nitrogen and oxygen atoms in total. The fourth-order valence-electron chi connectivity index (χ4n) is 4.44. The summed E-state index contributed by atoms with van der Waals surface area (Å²) in [6.07, 6.45) is 4.77. The summed E-state index contributed by atoms with van der Waals surface area (Å²) in [6, 6.07) is -1.26. The number of carbonyl (C=O) groups is 4. The second kappa shape index (κ2) is 7.54. The summed E-state index contributed by atoms with van der Waals surface area (Å²) in [5, 5.41) is 2.86. The second-order valence-corrected chi connectivity index (χ2v) is 7.01. The van der Waals surface area contributed by atoms with Crippen LogP contribution in [0.4, 0.5) is 4.79 Å². The van der Waals surface area contributed by atoms with E-state index < -0.39 is 47.9 Å². The zero-order valence-corrected chi connectivity index (χ0v) is 15.5. The molecule has 2 bridgehead atoms. The van der Waals surface area contributed by atoms with Crippen molar-refractivity contribution in [3.8, 4) is 0 Å². The number of fused-ring (bicyclic) bond motifs is 1. The number of nitrogens with zero attached hydrogens (tertiary/aromatic N) is 1. The van der Waals surface area contributed by atoms with Gasteiger partial charge in [-0.15, -0.1) is 6.58 Å². The molecule has 2 amide bonds. The molecule has 0 aromatic rings. The SMILES string of the molecule is C=CCC1C2C(C(=O)NCCCC)=CC(C3C(=O)OC(=O)C32)N1C(=O)OC. The number of nitrogens with one attached hydrogen (secondary N) is 1. The second-order valence-electron chi connectivity index (χ2n) is 7.01. The Morgan fingerprint density at radius 3 is 2.63 bits per heavy atom. The first kappa shape index (κ1) is 19.1. The quantitative estimate of drug-likeness (QED) is 0.323. The maximum absolute atomic E-state index is 12.8. The molecular weight excluding hydrogens is 352 g/mol. The van der Waals surface area contributed by atoms with Crippen LogP contribution in [0.1, 0.15) is 26.2 Å². The molecule has 2 fully saturated rings. The fourth-order valence-corrected chi connectivity index (χ4v) is 4.44. The zero-order chi connectivity index (χ0) is 19.7. The Bertz CT molecular complexity index is 715. The fraction of sp³-hybridized carbons (Fsp3) is 0.579. The standard InChI is InChI=1S/C19H24N2O6/c1-4-6-8-20-16(22)10-9-12-14-15(18(24)27-17(14)23)13(10)11(7-5-2)21(12)19(25)26-3/h5,9,11-15H,2,4,6-8H2,1,3H3,(H,20,22). The lowest BCUT2D eigenvalue weighted by molar-refractivity contribution is -0.153. The van der Waals surface area contributed by atoms with Crippen LogP contribution in [0.3, 0.4) is 0 Å². The molecule has 27 heavy (non-hydrogen) atoms. The highest BCUT2D eigenvalue weighted by Crippen LogP contribution is 2.51. The van der Waals surface area contributed by atoms with Crippen LogP contribution in [-0.2, 0) is 23.9 Å². The van der Waals surface area contributed by atoms with Crippen molar-refractivity contribution in [1.82, 2.24) is 10.2 Å². The normalized spacial score (nSPS) is 31.1. The molecule has 3 heterocycles. The van der Waals surface area contributed by atoms with Crippen molar-refractivity contribution in [2.24, 2.45) is 17.8 Å². The minimum Gasteiger partial charge on any atom is -0.453 e. The van der Waals surface area contributed by atoms with E-state index in [0.717, 1.165) is 12.8 Å². The predicted octanol–water partition coefficient (Wildman–Crippen LogP) is 1.17. The van der Waals surface area contributed by atoms with E-state index in [-0.39, 0.29) is 5.91 Å². The molecule has 0 aromatic carbocycles. The highest BCUT2D eigenvalue weighted by molar-refractivity contribution is 6.02. The van der Waals surface area contributed by atoms with Crippen molar-refractivity contribution in [1.29, 1.82) is 0 Å². The van der Waals surface area contributed by atoms with Gasteiger partial charge in [0.25, 0.3) is 0 Å². The number of esters is 2. The molecule has 0 aromatic heterocycles. The van der Waals surface area contributed by atoms with Gasteiger partial charge in [0.05, 0.1) is 25.0 Å². The van der Waals surface area contributed by atoms with Crippen molar-refractivity contribution < 1.29 is 28.7 Å². The predicted molar refractivity (Wildman–Crippen MR) is 94.2 cm³/mol. The number of unbranched alkanes of at least 4 members (excludes halogenated alkanes) is 1. The third-order valence-electron chi connectivity index (χ3n) is 5.56. The lowest BCUT2D eigenvalue weighted by Crippen LogP contribution is -2.65. The molecule has 1 N–H and O–H groups in total. The van der Waals surface area contributed by atoms with Gasteiger partial charge in [0, 0.05) is 24.1 Å². The van der Waals surface area contributed by atoms with Crippen molar-refractivity contribution in [2.75, 3.05) is 13.7 Å². The third-order valence-corrected chi connectivity index (χ3v) is 5.56. The first-order valence-corrected chi connectivity index (χ1v) is 9.18. The third kappa shape index (κ3) is 3.02. The molecule has 0 radical (unpaired) electrons. The van der Waals surface area contributed by atoms with Gasteiger partial charge in [0.1, 0.15) is 0 Å². The van der Waals surface area contributed by atoms with Gasteiger partial charge in [-0.1, -0.05) is 25.5 Å². The first-order valence-electron chi connectivity index (χ1n) is 9.18. The Labute approximate surface area is 157 Å². The van der Waals surface area contributed by atoms with Crippen LogP contribution in [0.5, 0.6) is 0 Å². The molecule has 1 aliphatic carbocycles. The molecule has 146 valence electrons. The molecule has 4 rings (SSSR count). The van der Waals surface area contributed by atoms with E-state index in [1.165, 1.54) is 12.0 Å². The van der Waals surface area contributed by atoms with Gasteiger partial charge in [-0.05, 0) is 12.8 Å². The number of methoxy groups -OCH3 is 1. The van der Waals surface area contributed by atoms with Crippen LogP contribution in [0, 0.1) is 17.8 Å². The van der Waals surface area contributed by atoms with E-state index >= 15 is 0 Å². The van der Waals surface area contributed by atoms with Gasteiger partial charge in [-0.2, -0.15) is 0 Å². The molecule has 5 unspecified atom stereocenters. The van der Waals surface area contributed by atoms with Gasteiger partial charge in [0.2, 0.25) is 5.91 Å². The molecule has 5 atom stereocenters. The molecule has 2 saturated heterocycles. The first-order chi connectivity index (χ1) is 13.0. The molecule has 0 spiro atoms. The van der Waals surface area contributed by atoms with Crippen LogP contribution < -0.4 is 5.32 Å². The smallest absolute Gasteiger partial charge is 0.410 e. The summed E-state index contributed by atoms with van der Waals surface area (Å²) < 4.78 is 9.75. The van der Waals surface area contributed by atoms with E-state index in [1.54, 1.807) is 12.2 Å². The monoisotopic (exact) mass is 376 g/mol. The minimum atomic E-state index is -0.810. The number of amides is 2. The van der Waals surface area contributed by atoms with Crippen LogP contribution >= 0.6 is 0 Å². The van der Waals surface area contributed by atoms with E-state index in [0.29, 0.717) is 18.5 Å². The van der Waals surface area contributed by atoms with E-state index in [9.17, 15) is 19.2 Å². The summed E-state index contributed by atoms with van der Waals surface area (Å²) >= 11 is 0. The van der Waals surface area contributed by atoms with Crippen molar-refractivity contribution in [3.05, 3.63) is 24.3 Å². The number of rotatable bonds is 6. The van der Waals surface area contributed by atoms with Crippen LogP contribution in [0.2, 0.25) is 0 Å². The van der Waals surface area contributed by atoms with E-state index in [1.807, 2.05) is 6.92 Å². The number of hydrogen-bond donors (Lipinski definition) is 1. The largest absolute Gasteiger partial charge is 0.453 e. The summed E-state index contributed by atoms with van der Waals surface area (Å²) in [4.78, 5) is 51.2. The molecule has 4 aliphatic rings. The average molecular weight is 376 g/mol. The molecule has 0 saturated carbocycles. The Morgan fingerprint density at radius 2 is 2.00 bits per heavy atom. The van der Waals surface area contributed by atoms with Crippen molar-refractivity contribution >= 4 is 23.9 Å². The number of hydrogen-bond acceptors (Lipinski definition) is 6. The lowest BCUT2D eigenvalue weighted by atomic mass is 9.62. The molecular formula is C19H24N2O6. The Morgan fingerprint density at radius 1 is 1.30 bits per heavy atom. The summed E-state index contributed by atoms with van der Waals surface area (Å²) in [7, 11) is 1.26. The summed E-state index contributed by atoms with van der Waals surface area (Å²) in [5.74, 6) is -3.79. The van der Waals surface area contributed by atoms with Gasteiger partial charge >= 0.3 is 18.0 Å². The van der Waals surface area contributed by atoms with Crippen LogP contribution in [0.15, 0.2) is 24.3 Å². The number of cyclic esters (lactones) is 2. The summed E-state index contributed by atoms with van der Waals surface area (Å²) in [6.45, 7) is 6.27. The minimum absolute atomic E-state index is 0.275. The number of piperidine rings is 1. The lowest BCUT2D eigenvalue weighted by Gasteiger charge is -2.52. The maximum atomic E-state index is 12.8. The van der Waals surface area contributed by atoms with E-state index in [4.69, 9.17) is 9.47 Å². The molecule has 8 heteroatoms. The summed E-state index contributed by atoms with van der Waals surface area (Å²) in [5.41, 5.74) is 0.427. The van der Waals surface area contributed by atoms with Gasteiger partial charge in [-0.25, -0.2) is 4.79 Å². The maximum Gasteiger partial charge on any atom is 0.410 e.